The lowest BCUT2D eigenvalue weighted by Gasteiger charge is -2.40. The lowest BCUT2D eigenvalue weighted by molar-refractivity contribution is -0.137. The van der Waals surface area contributed by atoms with Crippen molar-refractivity contribution in [3.05, 3.63) is 22.4 Å². The molecule has 0 amide bonds. The van der Waals surface area contributed by atoms with Crippen LogP contribution in [0.5, 0.6) is 0 Å². The minimum absolute atomic E-state index is 0.0569. The van der Waals surface area contributed by atoms with Crippen LogP contribution in [-0.2, 0) is 4.79 Å². The van der Waals surface area contributed by atoms with Crippen LogP contribution in [0, 0.1) is 11.3 Å². The predicted molar refractivity (Wildman–Crippen MR) is 83.0 cm³/mol. The van der Waals surface area contributed by atoms with Crippen molar-refractivity contribution in [1.82, 2.24) is 5.32 Å². The van der Waals surface area contributed by atoms with Crippen molar-refractivity contribution in [2.24, 2.45) is 11.3 Å². The molecule has 112 valence electrons. The average Bonchev–Trinajstić information content (AvgIpc) is 2.77. The largest absolute Gasteiger partial charge is 0.481 e. The van der Waals surface area contributed by atoms with Crippen molar-refractivity contribution in [2.45, 2.75) is 58.5 Å². The molecule has 0 aromatic carbocycles. The summed E-state index contributed by atoms with van der Waals surface area (Å²) in [7, 11) is 0. The summed E-state index contributed by atoms with van der Waals surface area (Å²) in [6.07, 6.45) is 3.68. The lowest BCUT2D eigenvalue weighted by Crippen LogP contribution is -2.42. The minimum atomic E-state index is -0.737. The van der Waals surface area contributed by atoms with E-state index in [0.717, 1.165) is 17.7 Å². The molecular weight excluding hydrogens is 270 g/mol. The van der Waals surface area contributed by atoms with Crippen LogP contribution in [0.15, 0.2) is 17.5 Å². The topological polar surface area (TPSA) is 49.3 Å². The standard InChI is InChI=1S/C16H25NO2S/c1-11-7-12(10-16(2,3)9-11)17-13(8-15(18)19)14-5-4-6-20-14/h4-6,11-13,17H,7-10H2,1-3H3,(H,18,19). The van der Waals surface area contributed by atoms with Gasteiger partial charge in [-0.2, -0.15) is 0 Å². The van der Waals surface area contributed by atoms with Gasteiger partial charge >= 0.3 is 5.97 Å². The minimum Gasteiger partial charge on any atom is -0.481 e. The van der Waals surface area contributed by atoms with E-state index in [1.807, 2.05) is 17.5 Å². The average molecular weight is 295 g/mol. The molecule has 0 bridgehead atoms. The quantitative estimate of drug-likeness (QED) is 0.861. The molecule has 0 spiro atoms. The van der Waals surface area contributed by atoms with Gasteiger partial charge in [0.25, 0.3) is 0 Å². The van der Waals surface area contributed by atoms with Gasteiger partial charge in [0, 0.05) is 10.9 Å². The number of carbonyl (C=O) groups is 1. The van der Waals surface area contributed by atoms with E-state index in [9.17, 15) is 4.79 Å². The van der Waals surface area contributed by atoms with Crippen molar-refractivity contribution < 1.29 is 9.90 Å². The number of rotatable bonds is 5. The van der Waals surface area contributed by atoms with E-state index in [1.165, 1.54) is 6.42 Å². The second kappa shape index (κ2) is 6.27. The second-order valence-corrected chi connectivity index (χ2v) is 7.92. The summed E-state index contributed by atoms with van der Waals surface area (Å²) in [5, 5.41) is 14.7. The van der Waals surface area contributed by atoms with Crippen molar-refractivity contribution >= 4 is 17.3 Å². The van der Waals surface area contributed by atoms with E-state index in [1.54, 1.807) is 11.3 Å². The molecule has 2 rings (SSSR count). The van der Waals surface area contributed by atoms with Gasteiger partial charge in [-0.05, 0) is 42.0 Å². The lowest BCUT2D eigenvalue weighted by atomic mass is 9.70. The van der Waals surface area contributed by atoms with Crippen LogP contribution in [0.3, 0.4) is 0 Å². The van der Waals surface area contributed by atoms with Gasteiger partial charge < -0.3 is 10.4 Å². The molecule has 4 heteroatoms. The van der Waals surface area contributed by atoms with Crippen LogP contribution in [0.1, 0.15) is 57.4 Å². The first-order chi connectivity index (χ1) is 9.35. The molecule has 2 N–H and O–H groups in total. The third kappa shape index (κ3) is 4.32. The third-order valence-electron chi connectivity index (χ3n) is 4.09. The molecule has 0 aliphatic heterocycles. The van der Waals surface area contributed by atoms with Crippen molar-refractivity contribution in [3.8, 4) is 0 Å². The number of aliphatic carboxylic acids is 1. The molecule has 1 saturated carbocycles. The summed E-state index contributed by atoms with van der Waals surface area (Å²) in [5.74, 6) is -0.0379. The summed E-state index contributed by atoms with van der Waals surface area (Å²) in [5.41, 5.74) is 0.346. The van der Waals surface area contributed by atoms with Gasteiger partial charge in [-0.3, -0.25) is 4.79 Å². The van der Waals surface area contributed by atoms with Crippen molar-refractivity contribution in [2.75, 3.05) is 0 Å². The molecule has 1 aromatic rings. The number of hydrogen-bond donors (Lipinski definition) is 2. The molecule has 3 atom stereocenters. The van der Waals surface area contributed by atoms with Gasteiger partial charge in [-0.1, -0.05) is 26.8 Å². The molecule has 1 fully saturated rings. The monoisotopic (exact) mass is 295 g/mol. The number of thiophene rings is 1. The zero-order chi connectivity index (χ0) is 14.8. The molecule has 1 aliphatic rings. The maximum Gasteiger partial charge on any atom is 0.305 e. The molecule has 0 saturated heterocycles. The van der Waals surface area contributed by atoms with Crippen LogP contribution in [0.2, 0.25) is 0 Å². The summed E-state index contributed by atoms with van der Waals surface area (Å²) in [6, 6.07) is 4.38. The van der Waals surface area contributed by atoms with Crippen molar-refractivity contribution in [1.29, 1.82) is 0 Å². The molecule has 1 aromatic heterocycles. The van der Waals surface area contributed by atoms with Gasteiger partial charge in [0.15, 0.2) is 0 Å². The highest BCUT2D eigenvalue weighted by atomic mass is 32.1. The Morgan fingerprint density at radius 3 is 2.85 bits per heavy atom. The Bertz CT molecular complexity index is 441. The Morgan fingerprint density at radius 2 is 2.30 bits per heavy atom. The number of hydrogen-bond acceptors (Lipinski definition) is 3. The van der Waals surface area contributed by atoms with Crippen LogP contribution in [0.4, 0.5) is 0 Å². The SMILES string of the molecule is CC1CC(NC(CC(=O)O)c2cccs2)CC(C)(C)C1. The first-order valence-corrected chi connectivity index (χ1v) is 8.25. The molecule has 0 radical (unpaired) electrons. The van der Waals surface area contributed by atoms with Gasteiger partial charge in [-0.25, -0.2) is 0 Å². The third-order valence-corrected chi connectivity index (χ3v) is 5.08. The first-order valence-electron chi connectivity index (χ1n) is 7.37. The van der Waals surface area contributed by atoms with Gasteiger partial charge in [0.2, 0.25) is 0 Å². The summed E-state index contributed by atoms with van der Waals surface area (Å²) in [4.78, 5) is 12.2. The molecule has 3 unspecified atom stereocenters. The first kappa shape index (κ1) is 15.5. The van der Waals surface area contributed by atoms with Gasteiger partial charge in [0.1, 0.15) is 0 Å². The van der Waals surface area contributed by atoms with Gasteiger partial charge in [-0.15, -0.1) is 11.3 Å². The normalized spacial score (nSPS) is 27.1. The van der Waals surface area contributed by atoms with E-state index in [4.69, 9.17) is 5.11 Å². The molecular formula is C16H25NO2S. The number of carboxylic acid groups (broad SMARTS) is 1. The van der Waals surface area contributed by atoms with Crippen LogP contribution >= 0.6 is 11.3 Å². The predicted octanol–water partition coefficient (Wildman–Crippen LogP) is 4.07. The fourth-order valence-electron chi connectivity index (χ4n) is 3.66. The maximum atomic E-state index is 11.1. The Morgan fingerprint density at radius 1 is 1.55 bits per heavy atom. The van der Waals surface area contributed by atoms with Crippen LogP contribution in [-0.4, -0.2) is 17.1 Å². The van der Waals surface area contributed by atoms with E-state index >= 15 is 0 Å². The Hall–Kier alpha value is -0.870. The second-order valence-electron chi connectivity index (χ2n) is 6.94. The molecule has 3 nitrogen and oxygen atoms in total. The maximum absolute atomic E-state index is 11.1. The molecule has 1 heterocycles. The van der Waals surface area contributed by atoms with E-state index < -0.39 is 5.97 Å². The molecule has 20 heavy (non-hydrogen) atoms. The van der Waals surface area contributed by atoms with E-state index in [2.05, 4.69) is 26.1 Å². The zero-order valence-corrected chi connectivity index (χ0v) is 13.4. The zero-order valence-electron chi connectivity index (χ0n) is 12.6. The van der Waals surface area contributed by atoms with E-state index in [-0.39, 0.29) is 12.5 Å². The summed E-state index contributed by atoms with van der Waals surface area (Å²) >= 11 is 1.64. The van der Waals surface area contributed by atoms with Crippen molar-refractivity contribution in [3.63, 3.8) is 0 Å². The highest BCUT2D eigenvalue weighted by molar-refractivity contribution is 7.10. The van der Waals surface area contributed by atoms with E-state index in [0.29, 0.717) is 17.4 Å². The Kier molecular flexibility index (Phi) is 4.86. The van der Waals surface area contributed by atoms with Gasteiger partial charge in [0.05, 0.1) is 12.5 Å². The smallest absolute Gasteiger partial charge is 0.305 e. The van der Waals surface area contributed by atoms with Crippen LogP contribution < -0.4 is 5.32 Å². The fourth-order valence-corrected chi connectivity index (χ4v) is 4.45. The number of nitrogens with one attached hydrogen (secondary N) is 1. The Labute approximate surface area is 125 Å². The number of carboxylic acids is 1. The molecule has 1 aliphatic carbocycles. The highest BCUT2D eigenvalue weighted by Crippen LogP contribution is 2.39. The fraction of sp³-hybridized carbons (Fsp3) is 0.688. The highest BCUT2D eigenvalue weighted by Gasteiger charge is 2.33. The summed E-state index contributed by atoms with van der Waals surface area (Å²) < 4.78 is 0. The van der Waals surface area contributed by atoms with Crippen LogP contribution in [0.25, 0.3) is 0 Å². The Balaban J connectivity index is 2.05. The summed E-state index contributed by atoms with van der Waals surface area (Å²) in [6.45, 7) is 6.93.